The molecule has 2 N–H and O–H groups in total. The van der Waals surface area contributed by atoms with E-state index in [1.807, 2.05) is 6.07 Å². The van der Waals surface area contributed by atoms with Crippen molar-refractivity contribution in [1.29, 1.82) is 0 Å². The Kier molecular flexibility index (Phi) is 10.5. The lowest BCUT2D eigenvalue weighted by Gasteiger charge is -2.17. The van der Waals surface area contributed by atoms with Crippen molar-refractivity contribution in [3.8, 4) is 0 Å². The number of aliphatic imine (C=N–C) groups is 1. The van der Waals surface area contributed by atoms with Crippen LogP contribution >= 0.6 is 35.3 Å². The SMILES string of the molecule is CN=C(NCCc1nc(C(F)(F)F)cs1)NCC1CCN(CCc2ccccc2)C1.I. The first-order chi connectivity index (χ1) is 14.4. The largest absolute Gasteiger partial charge is 0.434 e. The topological polar surface area (TPSA) is 52.6 Å². The van der Waals surface area contributed by atoms with E-state index in [4.69, 9.17) is 0 Å². The van der Waals surface area contributed by atoms with Crippen molar-refractivity contribution in [2.24, 2.45) is 10.9 Å². The van der Waals surface area contributed by atoms with Gasteiger partial charge in [-0.25, -0.2) is 4.98 Å². The molecule has 1 aromatic heterocycles. The Bertz CT molecular complexity index is 813. The molecule has 0 bridgehead atoms. The number of hydrogen-bond donors (Lipinski definition) is 2. The number of benzene rings is 1. The third-order valence-corrected chi connectivity index (χ3v) is 6.09. The summed E-state index contributed by atoms with van der Waals surface area (Å²) in [6.07, 6.45) is -1.73. The van der Waals surface area contributed by atoms with E-state index in [9.17, 15) is 13.2 Å². The van der Waals surface area contributed by atoms with Crippen molar-refractivity contribution in [2.45, 2.75) is 25.4 Å². The summed E-state index contributed by atoms with van der Waals surface area (Å²) in [6.45, 7) is 4.56. The Hall–Kier alpha value is -1.40. The monoisotopic (exact) mass is 567 g/mol. The molecule has 0 aliphatic carbocycles. The van der Waals surface area contributed by atoms with Gasteiger partial charge in [0.25, 0.3) is 0 Å². The summed E-state index contributed by atoms with van der Waals surface area (Å²) >= 11 is 1.04. The van der Waals surface area contributed by atoms with Crippen molar-refractivity contribution >= 4 is 41.3 Å². The Balaban J connectivity index is 0.00000341. The third kappa shape index (κ3) is 8.57. The summed E-state index contributed by atoms with van der Waals surface area (Å²) in [7, 11) is 1.70. The van der Waals surface area contributed by atoms with Crippen LogP contribution in [-0.4, -0.2) is 55.6 Å². The Labute approximate surface area is 202 Å². The molecule has 31 heavy (non-hydrogen) atoms. The van der Waals surface area contributed by atoms with Crippen LogP contribution in [0.15, 0.2) is 40.7 Å². The molecule has 5 nitrogen and oxygen atoms in total. The number of rotatable bonds is 8. The summed E-state index contributed by atoms with van der Waals surface area (Å²) in [4.78, 5) is 10.3. The van der Waals surface area contributed by atoms with Crippen LogP contribution < -0.4 is 10.6 Å². The zero-order valence-corrected chi connectivity index (χ0v) is 20.6. The summed E-state index contributed by atoms with van der Waals surface area (Å²) in [5, 5.41) is 8.02. The number of hydrogen-bond acceptors (Lipinski definition) is 4. The molecule has 0 spiro atoms. The molecule has 10 heteroatoms. The van der Waals surface area contributed by atoms with Crippen LogP contribution in [0.4, 0.5) is 13.2 Å². The van der Waals surface area contributed by atoms with E-state index in [1.165, 1.54) is 5.56 Å². The van der Waals surface area contributed by atoms with Gasteiger partial charge in [0, 0.05) is 45.0 Å². The van der Waals surface area contributed by atoms with Gasteiger partial charge in [0.05, 0.1) is 5.01 Å². The minimum absolute atomic E-state index is 0. The lowest BCUT2D eigenvalue weighted by molar-refractivity contribution is -0.140. The maximum Gasteiger partial charge on any atom is 0.434 e. The van der Waals surface area contributed by atoms with E-state index in [-0.39, 0.29) is 24.0 Å². The first-order valence-electron chi connectivity index (χ1n) is 10.2. The van der Waals surface area contributed by atoms with Crippen LogP contribution in [0.1, 0.15) is 22.7 Å². The fourth-order valence-corrected chi connectivity index (χ4v) is 4.32. The zero-order valence-electron chi connectivity index (χ0n) is 17.5. The zero-order chi connectivity index (χ0) is 21.4. The van der Waals surface area contributed by atoms with E-state index >= 15 is 0 Å². The number of thiazole rings is 1. The van der Waals surface area contributed by atoms with Gasteiger partial charge in [-0.2, -0.15) is 13.2 Å². The minimum atomic E-state index is -4.38. The molecule has 1 atom stereocenters. The van der Waals surface area contributed by atoms with Gasteiger partial charge in [-0.1, -0.05) is 30.3 Å². The molecular formula is C21H29F3IN5S. The molecule has 1 saturated heterocycles. The van der Waals surface area contributed by atoms with Gasteiger partial charge < -0.3 is 15.5 Å². The summed E-state index contributed by atoms with van der Waals surface area (Å²) in [5.74, 6) is 1.23. The molecule has 1 unspecified atom stereocenters. The van der Waals surface area contributed by atoms with Crippen molar-refractivity contribution < 1.29 is 13.2 Å². The summed E-state index contributed by atoms with van der Waals surface area (Å²) in [5.41, 5.74) is 0.550. The third-order valence-electron chi connectivity index (χ3n) is 5.18. The number of alkyl halides is 3. The van der Waals surface area contributed by atoms with Gasteiger partial charge in [-0.3, -0.25) is 4.99 Å². The molecule has 0 amide bonds. The fraction of sp³-hybridized carbons (Fsp3) is 0.524. The van der Waals surface area contributed by atoms with Crippen molar-refractivity contribution in [1.82, 2.24) is 20.5 Å². The number of halogens is 4. The number of aromatic nitrogens is 1. The highest BCUT2D eigenvalue weighted by molar-refractivity contribution is 14.0. The molecule has 1 aromatic carbocycles. The summed E-state index contributed by atoms with van der Waals surface area (Å²) in [6, 6.07) is 10.5. The molecule has 0 saturated carbocycles. The molecule has 1 fully saturated rings. The van der Waals surface area contributed by atoms with E-state index in [2.05, 4.69) is 49.8 Å². The molecule has 1 aliphatic rings. The molecule has 1 aliphatic heterocycles. The van der Waals surface area contributed by atoms with Crippen LogP contribution in [0.2, 0.25) is 0 Å². The average molecular weight is 567 g/mol. The molecule has 2 aromatic rings. The predicted molar refractivity (Wildman–Crippen MR) is 130 cm³/mol. The number of likely N-dealkylation sites (tertiary alicyclic amines) is 1. The van der Waals surface area contributed by atoms with Crippen LogP contribution in [0.25, 0.3) is 0 Å². The van der Waals surface area contributed by atoms with Crippen molar-refractivity contribution in [2.75, 3.05) is 39.8 Å². The second-order valence-corrected chi connectivity index (χ2v) is 8.39. The van der Waals surface area contributed by atoms with Crippen LogP contribution in [0.5, 0.6) is 0 Å². The maximum atomic E-state index is 12.6. The predicted octanol–water partition coefficient (Wildman–Crippen LogP) is 4.05. The number of guanidine groups is 1. The van der Waals surface area contributed by atoms with Crippen LogP contribution in [0, 0.1) is 5.92 Å². The lowest BCUT2D eigenvalue weighted by Crippen LogP contribution is -2.41. The van der Waals surface area contributed by atoms with Gasteiger partial charge in [-0.05, 0) is 30.9 Å². The number of nitrogens with zero attached hydrogens (tertiary/aromatic N) is 3. The molecular weight excluding hydrogens is 538 g/mol. The molecule has 0 radical (unpaired) electrons. The van der Waals surface area contributed by atoms with E-state index in [0.29, 0.717) is 29.9 Å². The average Bonchev–Trinajstić information content (AvgIpc) is 3.39. The summed E-state index contributed by atoms with van der Waals surface area (Å²) < 4.78 is 37.8. The van der Waals surface area contributed by atoms with Gasteiger partial charge in [0.1, 0.15) is 0 Å². The van der Waals surface area contributed by atoms with E-state index in [1.54, 1.807) is 7.05 Å². The highest BCUT2D eigenvalue weighted by Gasteiger charge is 2.33. The second kappa shape index (κ2) is 12.6. The normalized spacial score (nSPS) is 17.4. The quantitative estimate of drug-likeness (QED) is 0.287. The smallest absolute Gasteiger partial charge is 0.356 e. The Morgan fingerprint density at radius 3 is 2.68 bits per heavy atom. The maximum absolute atomic E-state index is 12.6. The van der Waals surface area contributed by atoms with E-state index in [0.717, 1.165) is 55.7 Å². The molecule has 2 heterocycles. The van der Waals surface area contributed by atoms with Gasteiger partial charge in [0.2, 0.25) is 0 Å². The second-order valence-electron chi connectivity index (χ2n) is 7.45. The Morgan fingerprint density at radius 2 is 2.00 bits per heavy atom. The number of nitrogens with one attached hydrogen (secondary N) is 2. The van der Waals surface area contributed by atoms with Crippen LogP contribution in [-0.2, 0) is 19.0 Å². The van der Waals surface area contributed by atoms with Crippen molar-refractivity contribution in [3.63, 3.8) is 0 Å². The highest BCUT2D eigenvalue weighted by atomic mass is 127. The standard InChI is InChI=1S/C21H28F3N5S.HI/c1-25-20(26-10-7-19-28-18(15-30-19)21(22,23)24)27-13-17-9-12-29(14-17)11-8-16-5-3-2-4-6-16;/h2-6,15,17H,7-14H2,1H3,(H2,25,26,27);1H. The highest BCUT2D eigenvalue weighted by Crippen LogP contribution is 2.30. The minimum Gasteiger partial charge on any atom is -0.356 e. The van der Waals surface area contributed by atoms with E-state index < -0.39 is 11.9 Å². The molecule has 172 valence electrons. The first-order valence-corrected chi connectivity index (χ1v) is 11.0. The lowest BCUT2D eigenvalue weighted by atomic mass is 10.1. The van der Waals surface area contributed by atoms with Crippen molar-refractivity contribution in [3.05, 3.63) is 52.0 Å². The van der Waals surface area contributed by atoms with Gasteiger partial charge in [0.15, 0.2) is 11.7 Å². The first kappa shape index (κ1) is 25.9. The molecule has 3 rings (SSSR count). The Morgan fingerprint density at radius 1 is 1.23 bits per heavy atom. The fourth-order valence-electron chi connectivity index (χ4n) is 3.52. The van der Waals surface area contributed by atoms with Gasteiger partial charge in [-0.15, -0.1) is 35.3 Å². The van der Waals surface area contributed by atoms with Gasteiger partial charge >= 0.3 is 6.18 Å². The van der Waals surface area contributed by atoms with Crippen LogP contribution in [0.3, 0.4) is 0 Å².